The van der Waals surface area contributed by atoms with E-state index in [0.717, 1.165) is 0 Å². The van der Waals surface area contributed by atoms with Gasteiger partial charge in [0.25, 0.3) is 0 Å². The maximum Gasteiger partial charge on any atom is 0.399 e. The predicted molar refractivity (Wildman–Crippen MR) is 102 cm³/mol. The van der Waals surface area contributed by atoms with Crippen LogP contribution in [0.1, 0.15) is 22.8 Å². The van der Waals surface area contributed by atoms with E-state index in [4.69, 9.17) is 25.8 Å². The van der Waals surface area contributed by atoms with Crippen LogP contribution in [0.5, 0.6) is 17.2 Å². The summed E-state index contributed by atoms with van der Waals surface area (Å²) in [5.41, 5.74) is 6.94. The molecular formula is C19H20N5O4+. The number of ether oxygens (including phenoxy) is 3. The molecule has 0 aliphatic carbocycles. The van der Waals surface area contributed by atoms with Gasteiger partial charge in [-0.1, -0.05) is 0 Å². The van der Waals surface area contributed by atoms with Crippen molar-refractivity contribution in [3.05, 3.63) is 53.6 Å². The topological polar surface area (TPSA) is 122 Å². The van der Waals surface area contributed by atoms with Crippen LogP contribution in [0.3, 0.4) is 0 Å². The number of benzene rings is 2. The molecular weight excluding hydrogens is 362 g/mol. The molecule has 4 N–H and O–H groups in total. The molecule has 4 rings (SSSR count). The Labute approximate surface area is 161 Å². The van der Waals surface area contributed by atoms with E-state index in [0.29, 0.717) is 48.2 Å². The van der Waals surface area contributed by atoms with Gasteiger partial charge in [0, 0.05) is 10.3 Å². The minimum absolute atomic E-state index is 0.122. The monoisotopic (exact) mass is 382 g/mol. The first-order valence-electron chi connectivity index (χ1n) is 8.81. The third kappa shape index (κ3) is 3.06. The Kier molecular flexibility index (Phi) is 4.46. The Balaban J connectivity index is 1.63. The van der Waals surface area contributed by atoms with Crippen molar-refractivity contribution in [3.8, 4) is 17.2 Å². The summed E-state index contributed by atoms with van der Waals surface area (Å²) in [5, 5.41) is 4.28. The molecule has 2 aromatic rings. The summed E-state index contributed by atoms with van der Waals surface area (Å²) in [6.45, 7) is 3.38. The highest BCUT2D eigenvalue weighted by Gasteiger charge is 2.45. The van der Waals surface area contributed by atoms with Crippen molar-refractivity contribution in [2.75, 3.05) is 19.8 Å². The largest absolute Gasteiger partial charge is 0.494 e. The Morgan fingerprint density at radius 3 is 2.57 bits per heavy atom. The quantitative estimate of drug-likeness (QED) is 0.468. The fourth-order valence-electron chi connectivity index (χ4n) is 2.92. The van der Waals surface area contributed by atoms with Crippen LogP contribution >= 0.6 is 0 Å². The lowest BCUT2D eigenvalue weighted by Gasteiger charge is -2.18. The second-order valence-electron chi connectivity index (χ2n) is 6.20. The van der Waals surface area contributed by atoms with E-state index in [1.54, 1.807) is 42.5 Å². The van der Waals surface area contributed by atoms with E-state index in [1.165, 1.54) is 0 Å². The average molecular weight is 382 g/mol. The smallest absolute Gasteiger partial charge is 0.399 e. The molecule has 1 amide bonds. The molecule has 2 aliphatic heterocycles. The van der Waals surface area contributed by atoms with Gasteiger partial charge < -0.3 is 19.9 Å². The molecule has 0 fully saturated rings. The minimum atomic E-state index is -0.974. The van der Waals surface area contributed by atoms with E-state index in [2.05, 4.69) is 10.1 Å². The van der Waals surface area contributed by atoms with Gasteiger partial charge in [-0.3, -0.25) is 0 Å². The molecule has 2 heterocycles. The first kappa shape index (κ1) is 18.0. The van der Waals surface area contributed by atoms with Gasteiger partial charge in [-0.15, -0.1) is 10.8 Å². The highest BCUT2D eigenvalue weighted by atomic mass is 16.6. The first-order valence-corrected chi connectivity index (χ1v) is 8.81. The molecule has 9 nitrogen and oxygen atoms in total. The Bertz CT molecular complexity index is 986. The fraction of sp³-hybridized carbons (Fsp3) is 0.211. The average Bonchev–Trinajstić information content (AvgIpc) is 3.03. The summed E-state index contributed by atoms with van der Waals surface area (Å²) in [5.74, 6) is 7.70. The number of guanidine groups is 1. The summed E-state index contributed by atoms with van der Waals surface area (Å²) in [6, 6.07) is 11.9. The standard InChI is InChI=1S/C19H20N5O4/c1-2-26-14-6-3-12(4-7-14)18(25)24(21)19(20)22-17(23-24)13-5-8-15-16(11-13)28-10-9-27-15/h3-8,11H,2,9-10,21H2,1H3,(H2,20,22,23)/q+1. The number of aliphatic imine (C=N–C) groups is 1. The van der Waals surface area contributed by atoms with Crippen molar-refractivity contribution in [1.29, 1.82) is 0 Å². The van der Waals surface area contributed by atoms with Gasteiger partial charge in [-0.05, 0) is 54.5 Å². The van der Waals surface area contributed by atoms with Crippen molar-refractivity contribution < 1.29 is 23.7 Å². The summed E-state index contributed by atoms with van der Waals surface area (Å²) in [4.78, 5) is 17.2. The van der Waals surface area contributed by atoms with Crippen LogP contribution in [-0.2, 0) is 0 Å². The van der Waals surface area contributed by atoms with Gasteiger partial charge in [0.1, 0.15) is 19.0 Å². The molecule has 0 aromatic heterocycles. The lowest BCUT2D eigenvalue weighted by atomic mass is 10.2. The maximum absolute atomic E-state index is 13.0. The molecule has 0 radical (unpaired) electrons. The number of rotatable bonds is 4. The van der Waals surface area contributed by atoms with Crippen molar-refractivity contribution in [2.24, 2.45) is 21.7 Å². The Morgan fingerprint density at radius 2 is 1.86 bits per heavy atom. The van der Waals surface area contributed by atoms with Gasteiger partial charge in [-0.2, -0.15) is 0 Å². The van der Waals surface area contributed by atoms with Crippen molar-refractivity contribution in [2.45, 2.75) is 6.92 Å². The fourth-order valence-corrected chi connectivity index (χ4v) is 2.92. The van der Waals surface area contributed by atoms with Gasteiger partial charge in [0.15, 0.2) is 11.5 Å². The number of hydrogen-bond acceptors (Lipinski definition) is 8. The lowest BCUT2D eigenvalue weighted by Crippen LogP contribution is -2.60. The SMILES string of the molecule is CCOc1ccc(C(=O)[N+]2(N)N=C(c3ccc4c(c3)OCCO4)N=C2N)cc1. The zero-order chi connectivity index (χ0) is 19.7. The van der Waals surface area contributed by atoms with Gasteiger partial charge in [0.2, 0.25) is 5.84 Å². The number of amides is 1. The predicted octanol–water partition coefficient (Wildman–Crippen LogP) is 1.38. The van der Waals surface area contributed by atoms with Crippen LogP contribution in [0.25, 0.3) is 0 Å². The molecule has 0 bridgehead atoms. The molecule has 1 unspecified atom stereocenters. The van der Waals surface area contributed by atoms with Crippen molar-refractivity contribution in [3.63, 3.8) is 0 Å². The zero-order valence-electron chi connectivity index (χ0n) is 15.3. The summed E-state index contributed by atoms with van der Waals surface area (Å²) >= 11 is 0. The number of nitrogens with zero attached hydrogens (tertiary/aromatic N) is 3. The summed E-state index contributed by atoms with van der Waals surface area (Å²) < 4.78 is 15.5. The van der Waals surface area contributed by atoms with E-state index >= 15 is 0 Å². The Hall–Kier alpha value is -3.43. The molecule has 2 aromatic carbocycles. The lowest BCUT2D eigenvalue weighted by molar-refractivity contribution is -0.774. The highest BCUT2D eigenvalue weighted by Crippen LogP contribution is 2.32. The number of fused-ring (bicyclic) bond motifs is 1. The number of carbonyl (C=O) groups excluding carboxylic acids is 1. The summed E-state index contributed by atoms with van der Waals surface area (Å²) in [6.07, 6.45) is 0. The highest BCUT2D eigenvalue weighted by molar-refractivity contribution is 6.10. The number of quaternary nitrogens is 1. The normalized spacial score (nSPS) is 20.4. The third-order valence-electron chi connectivity index (χ3n) is 4.34. The molecule has 144 valence electrons. The first-order chi connectivity index (χ1) is 13.5. The second kappa shape index (κ2) is 6.95. The van der Waals surface area contributed by atoms with Gasteiger partial charge >= 0.3 is 11.9 Å². The molecule has 1 atom stereocenters. The van der Waals surface area contributed by atoms with Crippen LogP contribution in [-0.4, -0.2) is 42.2 Å². The number of amidine groups is 1. The van der Waals surface area contributed by atoms with Crippen LogP contribution < -0.4 is 25.8 Å². The second-order valence-corrected chi connectivity index (χ2v) is 6.20. The van der Waals surface area contributed by atoms with Crippen LogP contribution in [0.4, 0.5) is 0 Å². The number of hydrogen-bond donors (Lipinski definition) is 2. The van der Waals surface area contributed by atoms with E-state index in [9.17, 15) is 4.79 Å². The van der Waals surface area contributed by atoms with E-state index < -0.39 is 10.6 Å². The minimum Gasteiger partial charge on any atom is -0.494 e. The van der Waals surface area contributed by atoms with Crippen LogP contribution in [0.15, 0.2) is 52.6 Å². The van der Waals surface area contributed by atoms with Gasteiger partial charge in [-0.25, -0.2) is 4.79 Å². The zero-order valence-corrected chi connectivity index (χ0v) is 15.3. The molecule has 0 spiro atoms. The van der Waals surface area contributed by atoms with E-state index in [1.807, 2.05) is 6.92 Å². The van der Waals surface area contributed by atoms with Crippen molar-refractivity contribution in [1.82, 2.24) is 0 Å². The molecule has 9 heteroatoms. The van der Waals surface area contributed by atoms with Crippen LogP contribution in [0.2, 0.25) is 0 Å². The van der Waals surface area contributed by atoms with E-state index in [-0.39, 0.29) is 11.8 Å². The number of carbonyl (C=O) groups is 1. The number of nitrogens with two attached hydrogens (primary N) is 2. The Morgan fingerprint density at radius 1 is 1.14 bits per heavy atom. The molecule has 0 saturated carbocycles. The van der Waals surface area contributed by atoms with Gasteiger partial charge in [0.05, 0.1) is 12.2 Å². The van der Waals surface area contributed by atoms with Crippen molar-refractivity contribution >= 4 is 17.7 Å². The summed E-state index contributed by atoms with van der Waals surface area (Å²) in [7, 11) is 0. The molecule has 2 aliphatic rings. The third-order valence-corrected chi connectivity index (χ3v) is 4.34. The van der Waals surface area contributed by atoms with Crippen LogP contribution in [0, 0.1) is 0 Å². The maximum atomic E-state index is 13.0. The molecule has 0 saturated heterocycles. The molecule has 28 heavy (non-hydrogen) atoms.